The van der Waals surface area contributed by atoms with Crippen LogP contribution in [0.1, 0.15) is 17.3 Å². The molecule has 1 saturated heterocycles. The molecule has 1 fully saturated rings. The van der Waals surface area contributed by atoms with Gasteiger partial charge in [-0.15, -0.1) is 0 Å². The molecule has 2 atom stereocenters. The van der Waals surface area contributed by atoms with Crippen LogP contribution in [0.2, 0.25) is 0 Å². The highest BCUT2D eigenvalue weighted by Gasteiger charge is 2.50. The van der Waals surface area contributed by atoms with Crippen molar-refractivity contribution in [2.45, 2.75) is 13.0 Å². The van der Waals surface area contributed by atoms with Crippen LogP contribution in [0.25, 0.3) is 0 Å². The fourth-order valence-electron chi connectivity index (χ4n) is 2.34. The molecule has 1 aromatic rings. The van der Waals surface area contributed by atoms with Gasteiger partial charge in [-0.2, -0.15) is 10.2 Å². The third kappa shape index (κ3) is 1.68. The second-order valence-corrected chi connectivity index (χ2v) is 4.61. The van der Waals surface area contributed by atoms with Crippen LogP contribution in [-0.2, 0) is 9.59 Å². The number of nitrogens with zero attached hydrogens (tertiary/aromatic N) is 3. The first-order valence-corrected chi connectivity index (χ1v) is 5.95. The maximum Gasteiger partial charge on any atom is 0.261 e. The number of anilines is 1. The molecule has 2 unspecified atom stereocenters. The monoisotopic (exact) mass is 257 g/mol. The van der Waals surface area contributed by atoms with Gasteiger partial charge >= 0.3 is 0 Å². The predicted molar refractivity (Wildman–Crippen MR) is 65.9 cm³/mol. The van der Waals surface area contributed by atoms with Crippen LogP contribution in [0.4, 0.5) is 5.69 Å². The minimum absolute atomic E-state index is 0.0590. The number of Topliss-reactive ketones (excluding diaryl/α,β-unsaturated/α-hetero) is 1. The predicted octanol–water partition coefficient (Wildman–Crippen LogP) is 1.21. The summed E-state index contributed by atoms with van der Waals surface area (Å²) < 4.78 is 0. The lowest BCUT2D eigenvalue weighted by molar-refractivity contribution is -0.122. The molecule has 0 aromatic heterocycles. The van der Waals surface area contributed by atoms with Crippen molar-refractivity contribution < 1.29 is 14.4 Å². The Morgan fingerprint density at radius 1 is 1.21 bits per heavy atom. The lowest BCUT2D eigenvalue weighted by atomic mass is 10.1. The smallest absolute Gasteiger partial charge is 0.261 e. The van der Waals surface area contributed by atoms with Crippen LogP contribution in [0.3, 0.4) is 0 Å². The SMILES string of the molecule is CC(=O)c1ccc(N2C(=O)C3CN=NC3C2=O)cc1. The van der Waals surface area contributed by atoms with E-state index in [1.165, 1.54) is 6.92 Å². The molecule has 0 radical (unpaired) electrons. The Kier molecular flexibility index (Phi) is 2.51. The van der Waals surface area contributed by atoms with Gasteiger partial charge in [0, 0.05) is 5.56 Å². The molecule has 6 heteroatoms. The summed E-state index contributed by atoms with van der Waals surface area (Å²) in [6.45, 7) is 1.74. The second-order valence-electron chi connectivity index (χ2n) is 4.61. The Labute approximate surface area is 109 Å². The molecule has 0 spiro atoms. The lowest BCUT2D eigenvalue weighted by Crippen LogP contribution is -2.32. The van der Waals surface area contributed by atoms with Crippen molar-refractivity contribution in [3.8, 4) is 0 Å². The van der Waals surface area contributed by atoms with E-state index in [9.17, 15) is 14.4 Å². The van der Waals surface area contributed by atoms with Gasteiger partial charge < -0.3 is 0 Å². The molecule has 2 aliphatic heterocycles. The van der Waals surface area contributed by atoms with Crippen molar-refractivity contribution in [3.63, 3.8) is 0 Å². The molecular weight excluding hydrogens is 246 g/mol. The van der Waals surface area contributed by atoms with Crippen LogP contribution in [0.5, 0.6) is 0 Å². The fraction of sp³-hybridized carbons (Fsp3) is 0.308. The number of hydrogen-bond donors (Lipinski definition) is 0. The summed E-state index contributed by atoms with van der Waals surface area (Å²) >= 11 is 0. The summed E-state index contributed by atoms with van der Waals surface area (Å²) in [5.41, 5.74) is 1.02. The molecular formula is C13H11N3O3. The largest absolute Gasteiger partial charge is 0.295 e. The highest BCUT2D eigenvalue weighted by molar-refractivity contribution is 6.23. The molecule has 0 aliphatic carbocycles. The number of hydrogen-bond acceptors (Lipinski definition) is 5. The van der Waals surface area contributed by atoms with E-state index in [0.717, 1.165) is 4.90 Å². The number of imide groups is 1. The van der Waals surface area contributed by atoms with Crippen molar-refractivity contribution in [1.82, 2.24) is 0 Å². The molecule has 3 rings (SSSR count). The first-order valence-electron chi connectivity index (χ1n) is 5.95. The first kappa shape index (κ1) is 11.7. The van der Waals surface area contributed by atoms with E-state index in [4.69, 9.17) is 0 Å². The average Bonchev–Trinajstić information content (AvgIpc) is 2.95. The normalized spacial score (nSPS) is 25.0. The number of ketones is 1. The third-order valence-corrected chi connectivity index (χ3v) is 3.41. The van der Waals surface area contributed by atoms with Crippen molar-refractivity contribution in [1.29, 1.82) is 0 Å². The van der Waals surface area contributed by atoms with Crippen LogP contribution in [0, 0.1) is 5.92 Å². The zero-order valence-corrected chi connectivity index (χ0v) is 10.2. The van der Waals surface area contributed by atoms with Gasteiger partial charge in [0.25, 0.3) is 5.91 Å². The molecule has 1 aromatic carbocycles. The Hall–Kier alpha value is -2.37. The van der Waals surface area contributed by atoms with Crippen molar-refractivity contribution in [2.24, 2.45) is 16.1 Å². The van der Waals surface area contributed by atoms with Crippen LogP contribution < -0.4 is 4.90 Å². The van der Waals surface area contributed by atoms with E-state index in [-0.39, 0.29) is 24.1 Å². The van der Waals surface area contributed by atoms with Crippen LogP contribution in [-0.4, -0.2) is 30.2 Å². The number of amides is 2. The first-order chi connectivity index (χ1) is 9.09. The topological polar surface area (TPSA) is 79.2 Å². The maximum absolute atomic E-state index is 12.1. The van der Waals surface area contributed by atoms with E-state index in [1.54, 1.807) is 24.3 Å². The standard InChI is InChI=1S/C13H11N3O3/c1-7(17)8-2-4-9(5-3-8)16-12(18)10-6-14-15-11(10)13(16)19/h2-5,10-11H,6H2,1H3. The van der Waals surface area contributed by atoms with Gasteiger partial charge in [-0.3, -0.25) is 14.4 Å². The lowest BCUT2D eigenvalue weighted by Gasteiger charge is -2.14. The minimum Gasteiger partial charge on any atom is -0.295 e. The summed E-state index contributed by atoms with van der Waals surface area (Å²) in [7, 11) is 0. The maximum atomic E-state index is 12.1. The molecule has 0 bridgehead atoms. The molecule has 2 heterocycles. The summed E-state index contributed by atoms with van der Waals surface area (Å²) in [4.78, 5) is 36.6. The van der Waals surface area contributed by atoms with E-state index in [2.05, 4.69) is 10.2 Å². The quantitative estimate of drug-likeness (QED) is 0.590. The molecule has 2 aliphatic rings. The second kappa shape index (κ2) is 4.08. The number of benzene rings is 1. The molecule has 0 N–H and O–H groups in total. The molecule has 96 valence electrons. The summed E-state index contributed by atoms with van der Waals surface area (Å²) in [6.07, 6.45) is 0. The average molecular weight is 257 g/mol. The van der Waals surface area contributed by atoms with Crippen LogP contribution in [0.15, 0.2) is 34.5 Å². The van der Waals surface area contributed by atoms with E-state index in [0.29, 0.717) is 11.3 Å². The van der Waals surface area contributed by atoms with Gasteiger partial charge in [-0.05, 0) is 31.2 Å². The van der Waals surface area contributed by atoms with Gasteiger partial charge in [0.15, 0.2) is 11.8 Å². The van der Waals surface area contributed by atoms with Gasteiger partial charge in [0.1, 0.15) is 0 Å². The van der Waals surface area contributed by atoms with Gasteiger partial charge in [-0.25, -0.2) is 4.90 Å². The molecule has 2 amide bonds. The van der Waals surface area contributed by atoms with E-state index >= 15 is 0 Å². The number of rotatable bonds is 2. The Morgan fingerprint density at radius 3 is 2.47 bits per heavy atom. The number of carbonyl (C=O) groups is 3. The van der Waals surface area contributed by atoms with Gasteiger partial charge in [0.05, 0.1) is 18.2 Å². The van der Waals surface area contributed by atoms with Crippen LogP contribution >= 0.6 is 0 Å². The van der Waals surface area contributed by atoms with Gasteiger partial charge in [0.2, 0.25) is 5.91 Å². The van der Waals surface area contributed by atoms with E-state index in [1.807, 2.05) is 0 Å². The number of carbonyl (C=O) groups excluding carboxylic acids is 3. The molecule has 19 heavy (non-hydrogen) atoms. The zero-order valence-electron chi connectivity index (χ0n) is 10.2. The third-order valence-electron chi connectivity index (χ3n) is 3.41. The Balaban J connectivity index is 1.94. The van der Waals surface area contributed by atoms with Crippen molar-refractivity contribution >= 4 is 23.3 Å². The molecule has 0 saturated carbocycles. The number of azo groups is 1. The summed E-state index contributed by atoms with van der Waals surface area (Å²) in [5, 5.41) is 7.56. The van der Waals surface area contributed by atoms with Gasteiger partial charge in [-0.1, -0.05) is 0 Å². The zero-order chi connectivity index (χ0) is 13.6. The fourth-order valence-corrected chi connectivity index (χ4v) is 2.34. The summed E-state index contributed by atoms with van der Waals surface area (Å²) in [5.74, 6) is -1.13. The van der Waals surface area contributed by atoms with Crippen molar-refractivity contribution in [3.05, 3.63) is 29.8 Å². The summed E-state index contributed by atoms with van der Waals surface area (Å²) in [6, 6.07) is 5.75. The van der Waals surface area contributed by atoms with Crippen molar-refractivity contribution in [2.75, 3.05) is 11.4 Å². The minimum atomic E-state index is -0.667. The Bertz CT molecular complexity index is 606. The van der Waals surface area contributed by atoms with E-state index < -0.39 is 12.0 Å². The molecule has 6 nitrogen and oxygen atoms in total. The number of fused-ring (bicyclic) bond motifs is 1. The highest BCUT2D eigenvalue weighted by Crippen LogP contribution is 2.32. The Morgan fingerprint density at radius 2 is 1.89 bits per heavy atom. The highest BCUT2D eigenvalue weighted by atomic mass is 16.2.